The highest BCUT2D eigenvalue weighted by atomic mass is 16.3. The summed E-state index contributed by atoms with van der Waals surface area (Å²) in [5.41, 5.74) is 3.14. The van der Waals surface area contributed by atoms with Crippen molar-refractivity contribution in [3.63, 3.8) is 0 Å². The minimum absolute atomic E-state index is 0.0542. The molecule has 1 fully saturated rings. The lowest BCUT2D eigenvalue weighted by Gasteiger charge is -2.05. The molecule has 0 unspecified atom stereocenters. The van der Waals surface area contributed by atoms with Crippen LogP contribution < -0.4 is 0 Å². The van der Waals surface area contributed by atoms with Crippen LogP contribution in [0.25, 0.3) is 5.69 Å². The van der Waals surface area contributed by atoms with Crippen molar-refractivity contribution in [1.29, 1.82) is 5.26 Å². The maximum Gasteiger partial charge on any atom is 0.101 e. The molecule has 1 aliphatic rings. The molecule has 18 heavy (non-hydrogen) atoms. The largest absolute Gasteiger partial charge is 0.392 e. The molecule has 0 amide bonds. The summed E-state index contributed by atoms with van der Waals surface area (Å²) >= 11 is 0. The van der Waals surface area contributed by atoms with Crippen LogP contribution >= 0.6 is 0 Å². The Labute approximate surface area is 105 Å². The zero-order chi connectivity index (χ0) is 12.5. The molecule has 0 radical (unpaired) electrons. The Bertz CT molecular complexity index is 620. The number of aliphatic hydroxyl groups excluding tert-OH is 1. The highest BCUT2D eigenvalue weighted by molar-refractivity contribution is 5.50. The van der Waals surface area contributed by atoms with Crippen molar-refractivity contribution in [1.82, 2.24) is 9.78 Å². The molecule has 3 rings (SSSR count). The van der Waals surface area contributed by atoms with Gasteiger partial charge in [-0.3, -0.25) is 0 Å². The lowest BCUT2D eigenvalue weighted by Crippen LogP contribution is -2.00. The van der Waals surface area contributed by atoms with Crippen LogP contribution in [0.1, 0.15) is 35.6 Å². The van der Waals surface area contributed by atoms with Gasteiger partial charge in [-0.15, -0.1) is 0 Å². The first-order valence-electron chi connectivity index (χ1n) is 6.01. The van der Waals surface area contributed by atoms with E-state index in [1.54, 1.807) is 10.7 Å². The molecule has 1 heterocycles. The standard InChI is InChI=1S/C14H13N3O/c15-8-12-7-10(9-18)1-4-14(12)17-6-5-13(16-17)11-2-3-11/h1,4-7,11,18H,2-3,9H2. The molecule has 1 aromatic carbocycles. The van der Waals surface area contributed by atoms with E-state index in [1.165, 1.54) is 12.8 Å². The van der Waals surface area contributed by atoms with Gasteiger partial charge in [-0.1, -0.05) is 6.07 Å². The number of hydrogen-bond donors (Lipinski definition) is 1. The summed E-state index contributed by atoms with van der Waals surface area (Å²) in [4.78, 5) is 0. The van der Waals surface area contributed by atoms with Crippen LogP contribution in [0.5, 0.6) is 0 Å². The molecule has 90 valence electrons. The van der Waals surface area contributed by atoms with E-state index in [-0.39, 0.29) is 6.61 Å². The second-order valence-corrected chi connectivity index (χ2v) is 4.58. The van der Waals surface area contributed by atoms with E-state index in [0.29, 0.717) is 11.5 Å². The fourth-order valence-electron chi connectivity index (χ4n) is 2.04. The minimum Gasteiger partial charge on any atom is -0.392 e. The van der Waals surface area contributed by atoms with Crippen LogP contribution in [-0.4, -0.2) is 14.9 Å². The van der Waals surface area contributed by atoms with Crippen molar-refractivity contribution in [3.8, 4) is 11.8 Å². The maximum atomic E-state index is 9.16. The fraction of sp³-hybridized carbons (Fsp3) is 0.286. The zero-order valence-electron chi connectivity index (χ0n) is 9.87. The summed E-state index contributed by atoms with van der Waals surface area (Å²) in [7, 11) is 0. The third-order valence-corrected chi connectivity index (χ3v) is 3.22. The van der Waals surface area contributed by atoms with Crippen LogP contribution in [-0.2, 0) is 6.61 Å². The molecule has 0 bridgehead atoms. The normalized spacial score (nSPS) is 14.4. The predicted octanol–water partition coefficient (Wildman–Crippen LogP) is 2.11. The molecule has 1 aromatic heterocycles. The van der Waals surface area contributed by atoms with Crippen LogP contribution in [0.3, 0.4) is 0 Å². The van der Waals surface area contributed by atoms with Crippen LogP contribution in [0, 0.1) is 11.3 Å². The van der Waals surface area contributed by atoms with Gasteiger partial charge in [0.25, 0.3) is 0 Å². The summed E-state index contributed by atoms with van der Waals surface area (Å²) in [6.45, 7) is -0.0542. The van der Waals surface area contributed by atoms with E-state index in [4.69, 9.17) is 10.4 Å². The molecule has 4 nitrogen and oxygen atoms in total. The quantitative estimate of drug-likeness (QED) is 0.892. The SMILES string of the molecule is N#Cc1cc(CO)ccc1-n1ccc(C2CC2)n1. The third kappa shape index (κ3) is 1.89. The summed E-state index contributed by atoms with van der Waals surface area (Å²) in [6, 6.07) is 9.51. The summed E-state index contributed by atoms with van der Waals surface area (Å²) in [5.74, 6) is 0.605. The maximum absolute atomic E-state index is 9.16. The van der Waals surface area contributed by atoms with Gasteiger partial charge in [0.15, 0.2) is 0 Å². The van der Waals surface area contributed by atoms with Gasteiger partial charge >= 0.3 is 0 Å². The smallest absolute Gasteiger partial charge is 0.101 e. The van der Waals surface area contributed by atoms with Crippen LogP contribution in [0.2, 0.25) is 0 Å². The minimum atomic E-state index is -0.0542. The van der Waals surface area contributed by atoms with E-state index >= 15 is 0 Å². The molecule has 4 heteroatoms. The third-order valence-electron chi connectivity index (χ3n) is 3.22. The van der Waals surface area contributed by atoms with Crippen molar-refractivity contribution < 1.29 is 5.11 Å². The van der Waals surface area contributed by atoms with Crippen molar-refractivity contribution in [2.75, 3.05) is 0 Å². The molecule has 2 aromatic rings. The summed E-state index contributed by atoms with van der Waals surface area (Å²) < 4.78 is 1.74. The molecule has 0 aliphatic heterocycles. The summed E-state index contributed by atoms with van der Waals surface area (Å²) in [6.07, 6.45) is 4.32. The van der Waals surface area contributed by atoms with Gasteiger partial charge in [0.05, 0.1) is 23.6 Å². The fourth-order valence-corrected chi connectivity index (χ4v) is 2.04. The van der Waals surface area contributed by atoms with Gasteiger partial charge in [-0.25, -0.2) is 4.68 Å². The molecule has 1 saturated carbocycles. The van der Waals surface area contributed by atoms with Crippen molar-refractivity contribution in [3.05, 3.63) is 47.3 Å². The van der Waals surface area contributed by atoms with Crippen molar-refractivity contribution in [2.45, 2.75) is 25.4 Å². The highest BCUT2D eigenvalue weighted by Gasteiger charge is 2.26. The average molecular weight is 239 g/mol. The number of hydrogen-bond acceptors (Lipinski definition) is 3. The Morgan fingerprint density at radius 1 is 1.39 bits per heavy atom. The summed E-state index contributed by atoms with van der Waals surface area (Å²) in [5, 5.41) is 22.7. The first kappa shape index (κ1) is 11.0. The Balaban J connectivity index is 2.01. The van der Waals surface area contributed by atoms with Gasteiger partial charge in [-0.2, -0.15) is 10.4 Å². The number of benzene rings is 1. The second kappa shape index (κ2) is 4.28. The molecule has 0 saturated heterocycles. The Morgan fingerprint density at radius 3 is 2.89 bits per heavy atom. The van der Waals surface area contributed by atoms with Crippen LogP contribution in [0.15, 0.2) is 30.5 Å². The van der Waals surface area contributed by atoms with Gasteiger partial charge < -0.3 is 5.11 Å². The Hall–Kier alpha value is -2.12. The molecular formula is C14H13N3O. The molecule has 1 N–H and O–H groups in total. The van der Waals surface area contributed by atoms with Gasteiger partial charge in [0.2, 0.25) is 0 Å². The van der Waals surface area contributed by atoms with Gasteiger partial charge in [0, 0.05) is 12.1 Å². The molecular weight excluding hydrogens is 226 g/mol. The number of nitriles is 1. The topological polar surface area (TPSA) is 61.8 Å². The van der Waals surface area contributed by atoms with E-state index in [0.717, 1.165) is 16.9 Å². The monoisotopic (exact) mass is 239 g/mol. The van der Waals surface area contributed by atoms with Crippen LogP contribution in [0.4, 0.5) is 0 Å². The zero-order valence-corrected chi connectivity index (χ0v) is 9.87. The first-order chi connectivity index (χ1) is 8.81. The van der Waals surface area contributed by atoms with E-state index in [2.05, 4.69) is 11.2 Å². The number of aromatic nitrogens is 2. The van der Waals surface area contributed by atoms with Crippen molar-refractivity contribution >= 4 is 0 Å². The predicted molar refractivity (Wildman–Crippen MR) is 66.2 cm³/mol. The second-order valence-electron chi connectivity index (χ2n) is 4.58. The molecule has 1 aliphatic carbocycles. The lowest BCUT2D eigenvalue weighted by atomic mass is 10.1. The number of nitrogens with zero attached hydrogens (tertiary/aromatic N) is 3. The number of rotatable bonds is 3. The average Bonchev–Trinajstić information content (AvgIpc) is 3.16. The number of aliphatic hydroxyl groups is 1. The molecule has 0 spiro atoms. The van der Waals surface area contributed by atoms with Gasteiger partial charge in [0.1, 0.15) is 6.07 Å². The Morgan fingerprint density at radius 2 is 2.22 bits per heavy atom. The van der Waals surface area contributed by atoms with E-state index < -0.39 is 0 Å². The highest BCUT2D eigenvalue weighted by Crippen LogP contribution is 2.39. The van der Waals surface area contributed by atoms with E-state index in [1.807, 2.05) is 24.4 Å². The van der Waals surface area contributed by atoms with Gasteiger partial charge in [-0.05, 0) is 36.6 Å². The lowest BCUT2D eigenvalue weighted by molar-refractivity contribution is 0.282. The van der Waals surface area contributed by atoms with Crippen molar-refractivity contribution in [2.24, 2.45) is 0 Å². The molecule has 0 atom stereocenters. The first-order valence-corrected chi connectivity index (χ1v) is 6.01. The Kier molecular flexibility index (Phi) is 2.62. The van der Waals surface area contributed by atoms with E-state index in [9.17, 15) is 0 Å².